The van der Waals surface area contributed by atoms with Crippen LogP contribution in [0.25, 0.3) is 0 Å². The molecule has 0 N–H and O–H groups in total. The van der Waals surface area contributed by atoms with Gasteiger partial charge in [0.1, 0.15) is 0 Å². The maximum atomic E-state index is 11.9. The van der Waals surface area contributed by atoms with E-state index in [1.165, 1.54) is 31.6 Å². The molecule has 6 heteroatoms. The monoisotopic (exact) mass is 344 g/mol. The summed E-state index contributed by atoms with van der Waals surface area (Å²) in [6, 6.07) is 2.92. The van der Waals surface area contributed by atoms with Crippen LogP contribution in [-0.2, 0) is 11.8 Å². The lowest BCUT2D eigenvalue weighted by molar-refractivity contribution is 0.0117. The summed E-state index contributed by atoms with van der Waals surface area (Å²) in [6.07, 6.45) is 5.61. The number of aromatic nitrogens is 2. The molecule has 2 aliphatic carbocycles. The smallest absolute Gasteiger partial charge is 0.409 e. The van der Waals surface area contributed by atoms with E-state index in [1.807, 2.05) is 23.6 Å². The molecule has 2 aliphatic heterocycles. The number of rotatable bonds is 3. The topological polar surface area (TPSA) is 50.6 Å². The highest BCUT2D eigenvalue weighted by Crippen LogP contribution is 2.60. The zero-order valence-corrected chi connectivity index (χ0v) is 15.2. The van der Waals surface area contributed by atoms with Crippen molar-refractivity contribution in [3.05, 3.63) is 18.0 Å². The molecule has 0 bridgehead atoms. The minimum atomic E-state index is -0.122. The molecule has 1 aromatic heterocycles. The van der Waals surface area contributed by atoms with Crippen LogP contribution in [-0.4, -0.2) is 64.5 Å². The molecular formula is C19H28N4O2. The number of hydrogen-bond acceptors (Lipinski definition) is 4. The Hall–Kier alpha value is -1.56. The van der Waals surface area contributed by atoms with Crippen LogP contribution in [0.5, 0.6) is 0 Å². The SMILES string of the molecule is CCOC(=O)N1CCC2(CC(N3C[C@@H]4[C@H](C3)[C@H]4c3ccn(C)n3)C2)C1. The van der Waals surface area contributed by atoms with E-state index in [9.17, 15) is 4.79 Å². The highest BCUT2D eigenvalue weighted by molar-refractivity contribution is 5.68. The highest BCUT2D eigenvalue weighted by atomic mass is 16.6. The Morgan fingerprint density at radius 3 is 2.76 bits per heavy atom. The molecule has 4 aliphatic rings. The van der Waals surface area contributed by atoms with Gasteiger partial charge >= 0.3 is 6.09 Å². The molecule has 4 fully saturated rings. The Morgan fingerprint density at radius 2 is 2.12 bits per heavy atom. The summed E-state index contributed by atoms with van der Waals surface area (Å²) < 4.78 is 7.08. The van der Waals surface area contributed by atoms with Gasteiger partial charge in [0.05, 0.1) is 12.3 Å². The fraction of sp³-hybridized carbons (Fsp3) is 0.789. The van der Waals surface area contributed by atoms with Crippen molar-refractivity contribution in [3.8, 4) is 0 Å². The average Bonchev–Trinajstić information content (AvgIpc) is 3.02. The first-order valence-electron chi connectivity index (χ1n) is 9.74. The van der Waals surface area contributed by atoms with E-state index in [4.69, 9.17) is 4.74 Å². The normalized spacial score (nSPS) is 39.5. The van der Waals surface area contributed by atoms with Gasteiger partial charge in [0, 0.05) is 51.4 Å². The standard InChI is InChI=1S/C19H28N4O2/c1-3-25-18(24)22-7-5-19(12-22)8-13(9-19)23-10-14-15(11-23)17(14)16-4-6-21(2)20-16/h4,6,13-15,17H,3,5,7-12H2,1-2H3/t13?,14-,15+,17+,19?. The van der Waals surface area contributed by atoms with Crippen molar-refractivity contribution < 1.29 is 9.53 Å². The van der Waals surface area contributed by atoms with Crippen molar-refractivity contribution in [1.29, 1.82) is 0 Å². The lowest BCUT2D eigenvalue weighted by Gasteiger charge is -2.49. The Morgan fingerprint density at radius 1 is 1.36 bits per heavy atom. The van der Waals surface area contributed by atoms with Crippen molar-refractivity contribution in [2.24, 2.45) is 24.3 Å². The van der Waals surface area contributed by atoms with E-state index in [-0.39, 0.29) is 6.09 Å². The number of piperidine rings is 1. The number of likely N-dealkylation sites (tertiary alicyclic amines) is 2. The largest absolute Gasteiger partial charge is 0.450 e. The van der Waals surface area contributed by atoms with Crippen LogP contribution in [0.4, 0.5) is 4.79 Å². The van der Waals surface area contributed by atoms with Crippen molar-refractivity contribution in [2.45, 2.75) is 38.1 Å². The van der Waals surface area contributed by atoms with E-state index in [0.29, 0.717) is 17.9 Å². The molecule has 136 valence electrons. The minimum Gasteiger partial charge on any atom is -0.450 e. The third-order valence-electron chi connectivity index (χ3n) is 7.12. The highest BCUT2D eigenvalue weighted by Gasteiger charge is 2.60. The zero-order valence-electron chi connectivity index (χ0n) is 15.2. The summed E-state index contributed by atoms with van der Waals surface area (Å²) in [5, 5.41) is 4.61. The van der Waals surface area contributed by atoms with Crippen LogP contribution in [0.15, 0.2) is 12.3 Å². The first-order chi connectivity index (χ1) is 12.1. The summed E-state index contributed by atoms with van der Waals surface area (Å²) in [4.78, 5) is 16.5. The number of amides is 1. The zero-order chi connectivity index (χ0) is 17.2. The maximum Gasteiger partial charge on any atom is 0.409 e. The number of carbonyl (C=O) groups excluding carboxylic acids is 1. The van der Waals surface area contributed by atoms with Gasteiger partial charge in [-0.2, -0.15) is 5.10 Å². The molecule has 0 unspecified atom stereocenters. The van der Waals surface area contributed by atoms with Crippen molar-refractivity contribution in [1.82, 2.24) is 19.6 Å². The molecule has 3 atom stereocenters. The van der Waals surface area contributed by atoms with Gasteiger partial charge in [0.25, 0.3) is 0 Å². The van der Waals surface area contributed by atoms with Crippen LogP contribution >= 0.6 is 0 Å². The van der Waals surface area contributed by atoms with Gasteiger partial charge in [-0.05, 0) is 49.5 Å². The van der Waals surface area contributed by atoms with Crippen molar-refractivity contribution in [3.63, 3.8) is 0 Å². The summed E-state index contributed by atoms with van der Waals surface area (Å²) in [5.41, 5.74) is 1.67. The van der Waals surface area contributed by atoms with Gasteiger partial charge < -0.3 is 9.64 Å². The molecular weight excluding hydrogens is 316 g/mol. The molecule has 2 saturated heterocycles. The van der Waals surface area contributed by atoms with E-state index in [1.54, 1.807) is 0 Å². The lowest BCUT2D eigenvalue weighted by Crippen LogP contribution is -2.52. The minimum absolute atomic E-state index is 0.122. The number of ether oxygens (including phenoxy) is 1. The molecule has 5 rings (SSSR count). The molecule has 1 spiro atoms. The van der Waals surface area contributed by atoms with E-state index in [2.05, 4.69) is 22.3 Å². The van der Waals surface area contributed by atoms with Crippen molar-refractivity contribution in [2.75, 3.05) is 32.8 Å². The molecule has 1 aromatic rings. The molecule has 0 aromatic carbocycles. The lowest BCUT2D eigenvalue weighted by atomic mass is 9.64. The quantitative estimate of drug-likeness (QED) is 0.842. The van der Waals surface area contributed by atoms with Gasteiger partial charge in [-0.15, -0.1) is 0 Å². The van der Waals surface area contributed by atoms with Crippen LogP contribution < -0.4 is 0 Å². The average molecular weight is 344 g/mol. The molecule has 0 radical (unpaired) electrons. The Kier molecular flexibility index (Phi) is 3.43. The molecule has 1 amide bonds. The second-order valence-electron chi connectivity index (χ2n) is 8.65. The summed E-state index contributed by atoms with van der Waals surface area (Å²) >= 11 is 0. The second-order valence-corrected chi connectivity index (χ2v) is 8.65. The van der Waals surface area contributed by atoms with Gasteiger partial charge in [-0.1, -0.05) is 0 Å². The first-order valence-corrected chi connectivity index (χ1v) is 9.74. The van der Waals surface area contributed by atoms with E-state index >= 15 is 0 Å². The Labute approximate surface area is 149 Å². The molecule has 25 heavy (non-hydrogen) atoms. The number of carbonyl (C=O) groups is 1. The predicted molar refractivity (Wildman–Crippen MR) is 93.2 cm³/mol. The third kappa shape index (κ3) is 2.48. The number of hydrogen-bond donors (Lipinski definition) is 0. The summed E-state index contributed by atoms with van der Waals surface area (Å²) in [5.74, 6) is 2.36. The third-order valence-corrected chi connectivity index (χ3v) is 7.12. The summed E-state index contributed by atoms with van der Waals surface area (Å²) in [7, 11) is 2.00. The predicted octanol–water partition coefficient (Wildman–Crippen LogP) is 2.08. The van der Waals surface area contributed by atoms with Gasteiger partial charge in [0.2, 0.25) is 0 Å². The molecule has 3 heterocycles. The maximum absolute atomic E-state index is 11.9. The Balaban J connectivity index is 1.12. The summed E-state index contributed by atoms with van der Waals surface area (Å²) in [6.45, 7) is 6.61. The molecule has 2 saturated carbocycles. The fourth-order valence-corrected chi connectivity index (χ4v) is 5.74. The Bertz CT molecular complexity index is 669. The van der Waals surface area contributed by atoms with Gasteiger partial charge in [-0.25, -0.2) is 4.79 Å². The van der Waals surface area contributed by atoms with Crippen molar-refractivity contribution >= 4 is 6.09 Å². The first kappa shape index (κ1) is 15.7. The van der Waals surface area contributed by atoms with E-state index < -0.39 is 0 Å². The fourth-order valence-electron chi connectivity index (χ4n) is 5.74. The molecule has 6 nitrogen and oxygen atoms in total. The van der Waals surface area contributed by atoms with Crippen LogP contribution in [0, 0.1) is 17.3 Å². The number of fused-ring (bicyclic) bond motifs is 1. The van der Waals surface area contributed by atoms with Crippen LogP contribution in [0.2, 0.25) is 0 Å². The number of aryl methyl sites for hydroxylation is 1. The van der Waals surface area contributed by atoms with Crippen LogP contribution in [0.3, 0.4) is 0 Å². The second kappa shape index (κ2) is 5.47. The van der Waals surface area contributed by atoms with Gasteiger partial charge in [-0.3, -0.25) is 9.58 Å². The van der Waals surface area contributed by atoms with E-state index in [0.717, 1.165) is 37.4 Å². The van der Waals surface area contributed by atoms with Crippen LogP contribution in [0.1, 0.15) is 37.8 Å². The van der Waals surface area contributed by atoms with Gasteiger partial charge in [0.15, 0.2) is 0 Å². The number of nitrogens with zero attached hydrogens (tertiary/aromatic N) is 4.